The molecule has 4 nitrogen and oxygen atoms in total. The lowest BCUT2D eigenvalue weighted by Gasteiger charge is -2.03. The summed E-state index contributed by atoms with van der Waals surface area (Å²) in [5.41, 5.74) is 7.54. The summed E-state index contributed by atoms with van der Waals surface area (Å²) in [6, 6.07) is 6.47. The average molecular weight is 235 g/mol. The minimum Gasteiger partial charge on any atom is -0.384 e. The lowest BCUT2D eigenvalue weighted by molar-refractivity contribution is 0.185. The monoisotopic (exact) mass is 235 g/mol. The Hall–Kier alpha value is -1.88. The van der Waals surface area contributed by atoms with Gasteiger partial charge in [-0.3, -0.25) is 4.68 Å². The number of benzene rings is 1. The third-order valence-corrected chi connectivity index (χ3v) is 2.53. The van der Waals surface area contributed by atoms with Gasteiger partial charge in [-0.25, -0.2) is 4.39 Å². The molecule has 2 N–H and O–H groups in total. The Bertz CT molecular complexity index is 517. The molecule has 1 aromatic carbocycles. The molecule has 0 aliphatic rings. The maximum absolute atomic E-state index is 13.7. The van der Waals surface area contributed by atoms with Crippen LogP contribution in [0.25, 0.3) is 11.3 Å². The molecule has 0 fully saturated rings. The van der Waals surface area contributed by atoms with Crippen LogP contribution in [0.2, 0.25) is 0 Å². The number of rotatable bonds is 3. The van der Waals surface area contributed by atoms with Crippen LogP contribution in [0, 0.1) is 5.82 Å². The van der Waals surface area contributed by atoms with Crippen molar-refractivity contribution in [2.75, 3.05) is 12.8 Å². The van der Waals surface area contributed by atoms with E-state index >= 15 is 0 Å². The van der Waals surface area contributed by atoms with Crippen LogP contribution >= 0.6 is 0 Å². The molecular weight excluding hydrogens is 221 g/mol. The second-order valence-electron chi connectivity index (χ2n) is 3.83. The van der Waals surface area contributed by atoms with E-state index in [4.69, 9.17) is 10.5 Å². The summed E-state index contributed by atoms with van der Waals surface area (Å²) in [7, 11) is 3.32. The Balaban J connectivity index is 2.46. The van der Waals surface area contributed by atoms with E-state index in [-0.39, 0.29) is 5.82 Å². The number of halogens is 1. The van der Waals surface area contributed by atoms with Gasteiger partial charge in [0.25, 0.3) is 0 Å². The molecule has 0 aliphatic heterocycles. The highest BCUT2D eigenvalue weighted by Crippen LogP contribution is 2.24. The van der Waals surface area contributed by atoms with E-state index in [1.165, 1.54) is 10.7 Å². The summed E-state index contributed by atoms with van der Waals surface area (Å²) in [6.07, 6.45) is 0. The highest BCUT2D eigenvalue weighted by Gasteiger charge is 2.10. The molecule has 0 atom stereocenters. The van der Waals surface area contributed by atoms with Crippen LogP contribution in [-0.4, -0.2) is 16.9 Å². The van der Waals surface area contributed by atoms with Crippen molar-refractivity contribution in [1.29, 1.82) is 0 Å². The number of aryl methyl sites for hydroxylation is 1. The van der Waals surface area contributed by atoms with Gasteiger partial charge in [0.15, 0.2) is 0 Å². The molecule has 0 unspecified atom stereocenters. The second kappa shape index (κ2) is 4.55. The zero-order valence-electron chi connectivity index (χ0n) is 9.77. The molecule has 2 aromatic rings. The van der Waals surface area contributed by atoms with Gasteiger partial charge in [0.1, 0.15) is 11.6 Å². The van der Waals surface area contributed by atoms with E-state index in [1.54, 1.807) is 32.4 Å². The van der Waals surface area contributed by atoms with Crippen molar-refractivity contribution in [2.24, 2.45) is 7.05 Å². The molecule has 2 rings (SSSR count). The third-order valence-electron chi connectivity index (χ3n) is 2.53. The first-order chi connectivity index (χ1) is 8.11. The lowest BCUT2D eigenvalue weighted by atomic mass is 10.1. The Morgan fingerprint density at radius 3 is 2.76 bits per heavy atom. The normalized spacial score (nSPS) is 10.8. The number of anilines is 1. The van der Waals surface area contributed by atoms with Crippen LogP contribution in [0.15, 0.2) is 24.3 Å². The number of hydrogen-bond donors (Lipinski definition) is 1. The first-order valence-corrected chi connectivity index (χ1v) is 5.19. The Labute approximate surface area is 98.8 Å². The number of methoxy groups -OCH3 is 1. The van der Waals surface area contributed by atoms with Crippen LogP contribution in [0.5, 0.6) is 0 Å². The van der Waals surface area contributed by atoms with Crippen LogP contribution in [-0.2, 0) is 18.4 Å². The number of ether oxygens (including phenoxy) is 1. The van der Waals surface area contributed by atoms with Gasteiger partial charge >= 0.3 is 0 Å². The van der Waals surface area contributed by atoms with Gasteiger partial charge in [0.05, 0.1) is 12.3 Å². The zero-order chi connectivity index (χ0) is 12.4. The van der Waals surface area contributed by atoms with Gasteiger partial charge in [0.2, 0.25) is 0 Å². The Morgan fingerprint density at radius 2 is 2.18 bits per heavy atom. The van der Waals surface area contributed by atoms with Crippen molar-refractivity contribution in [3.8, 4) is 11.3 Å². The second-order valence-corrected chi connectivity index (χ2v) is 3.83. The van der Waals surface area contributed by atoms with Crippen molar-refractivity contribution in [1.82, 2.24) is 9.78 Å². The average Bonchev–Trinajstić information content (AvgIpc) is 2.62. The van der Waals surface area contributed by atoms with E-state index in [0.29, 0.717) is 23.7 Å². The number of hydrogen-bond acceptors (Lipinski definition) is 3. The zero-order valence-corrected chi connectivity index (χ0v) is 9.77. The number of nitrogens with two attached hydrogens (primary N) is 1. The fourth-order valence-corrected chi connectivity index (χ4v) is 1.64. The molecular formula is C12H14FN3O. The molecule has 0 spiro atoms. The highest BCUT2D eigenvalue weighted by molar-refractivity contribution is 5.63. The molecule has 0 radical (unpaired) electrons. The minimum absolute atomic E-state index is 0.317. The number of nitrogen functional groups attached to an aromatic ring is 1. The molecule has 0 saturated heterocycles. The number of aromatic nitrogens is 2. The quantitative estimate of drug-likeness (QED) is 0.884. The van der Waals surface area contributed by atoms with Crippen LogP contribution in [0.3, 0.4) is 0 Å². The largest absolute Gasteiger partial charge is 0.384 e. The van der Waals surface area contributed by atoms with Gasteiger partial charge in [-0.15, -0.1) is 0 Å². The SMILES string of the molecule is COCc1ccc(F)c(-c2cc(N)n(C)n2)c1. The summed E-state index contributed by atoms with van der Waals surface area (Å²) < 4.78 is 20.2. The predicted molar refractivity (Wildman–Crippen MR) is 63.7 cm³/mol. The van der Waals surface area contributed by atoms with Crippen LogP contribution < -0.4 is 5.73 Å². The van der Waals surface area contributed by atoms with Crippen molar-refractivity contribution < 1.29 is 9.13 Å². The smallest absolute Gasteiger partial charge is 0.132 e. The summed E-state index contributed by atoms with van der Waals surface area (Å²) in [5, 5.41) is 4.15. The molecule has 0 amide bonds. The molecule has 1 heterocycles. The molecule has 1 aromatic heterocycles. The Morgan fingerprint density at radius 1 is 1.41 bits per heavy atom. The Kier molecular flexibility index (Phi) is 3.10. The first-order valence-electron chi connectivity index (χ1n) is 5.19. The lowest BCUT2D eigenvalue weighted by Crippen LogP contribution is -1.97. The van der Waals surface area contributed by atoms with Gasteiger partial charge in [-0.2, -0.15) is 5.10 Å². The minimum atomic E-state index is -0.317. The fraction of sp³-hybridized carbons (Fsp3) is 0.250. The van der Waals surface area contributed by atoms with Crippen molar-refractivity contribution in [3.05, 3.63) is 35.6 Å². The van der Waals surface area contributed by atoms with Crippen molar-refractivity contribution in [2.45, 2.75) is 6.61 Å². The van der Waals surface area contributed by atoms with Gasteiger partial charge < -0.3 is 10.5 Å². The maximum Gasteiger partial charge on any atom is 0.132 e. The van der Waals surface area contributed by atoms with Crippen LogP contribution in [0.1, 0.15) is 5.56 Å². The van der Waals surface area contributed by atoms with Gasteiger partial charge in [0, 0.05) is 25.8 Å². The summed E-state index contributed by atoms with van der Waals surface area (Å²) in [6.45, 7) is 0.440. The molecule has 90 valence electrons. The topological polar surface area (TPSA) is 53.1 Å². The molecule has 0 bridgehead atoms. The first kappa shape index (κ1) is 11.6. The summed E-state index contributed by atoms with van der Waals surface area (Å²) in [4.78, 5) is 0. The summed E-state index contributed by atoms with van der Waals surface area (Å²) >= 11 is 0. The van der Waals surface area contributed by atoms with Gasteiger partial charge in [-0.05, 0) is 17.7 Å². The molecule has 17 heavy (non-hydrogen) atoms. The molecule has 5 heteroatoms. The van der Waals surface area contributed by atoms with E-state index in [1.807, 2.05) is 0 Å². The van der Waals surface area contributed by atoms with Crippen molar-refractivity contribution in [3.63, 3.8) is 0 Å². The van der Waals surface area contributed by atoms with E-state index in [9.17, 15) is 4.39 Å². The highest BCUT2D eigenvalue weighted by atomic mass is 19.1. The maximum atomic E-state index is 13.7. The van der Waals surface area contributed by atoms with Crippen LogP contribution in [0.4, 0.5) is 10.2 Å². The fourth-order valence-electron chi connectivity index (χ4n) is 1.64. The van der Waals surface area contributed by atoms with E-state index in [2.05, 4.69) is 5.10 Å². The van der Waals surface area contributed by atoms with E-state index in [0.717, 1.165) is 5.56 Å². The molecule has 0 saturated carbocycles. The predicted octanol–water partition coefficient (Wildman–Crippen LogP) is 1.95. The molecule has 0 aliphatic carbocycles. The standard InChI is InChI=1S/C12H14FN3O/c1-16-12(14)6-11(15-16)9-5-8(7-17-2)3-4-10(9)13/h3-6H,7,14H2,1-2H3. The number of nitrogens with zero attached hydrogens (tertiary/aromatic N) is 2. The summed E-state index contributed by atoms with van der Waals surface area (Å²) in [5.74, 6) is 0.180. The van der Waals surface area contributed by atoms with Gasteiger partial charge in [-0.1, -0.05) is 6.07 Å². The van der Waals surface area contributed by atoms with Crippen molar-refractivity contribution >= 4 is 5.82 Å². The third kappa shape index (κ3) is 2.29. The van der Waals surface area contributed by atoms with E-state index < -0.39 is 0 Å².